The summed E-state index contributed by atoms with van der Waals surface area (Å²) >= 11 is 3.46. The predicted octanol–water partition coefficient (Wildman–Crippen LogP) is 6.04. The summed E-state index contributed by atoms with van der Waals surface area (Å²) in [6, 6.07) is 29.1. The van der Waals surface area contributed by atoms with Gasteiger partial charge in [0.1, 0.15) is 28.4 Å². The molecule has 13 aromatic heterocycles. The normalized spacial score (nSPS) is 12.9. The number of anilines is 1. The number of aryl methyl sites for hydroxylation is 2. The zero-order valence-electron chi connectivity index (χ0n) is 51.2. The maximum atomic E-state index is 11.9. The molecule has 29 heteroatoms. The van der Waals surface area contributed by atoms with Gasteiger partial charge in [-0.2, -0.15) is 14.9 Å². The number of fused-ring (bicyclic) bond motifs is 4. The minimum atomic E-state index is -0.562. The fraction of sp³-hybridized carbons (Fsp3) is 0.194. The molecule has 454 valence electrons. The van der Waals surface area contributed by atoms with Gasteiger partial charge in [-0.3, -0.25) is 38.6 Å². The molecular weight excluding hydrogens is 1250 g/mol. The molecule has 0 spiro atoms. The number of carbonyl (C=O) groups is 2. The number of rotatable bonds is 7. The second-order valence-electron chi connectivity index (χ2n) is 21.9. The summed E-state index contributed by atoms with van der Waals surface area (Å²) < 4.78 is 23.0. The minimum Gasteiger partial charge on any atom is -0.662 e. The average Bonchev–Trinajstić information content (AvgIpc) is 1.88. The van der Waals surface area contributed by atoms with Crippen LogP contribution in [-0.4, -0.2) is 125 Å². The number of hydrogen-bond acceptors (Lipinski definition) is 22. The maximum absolute atomic E-state index is 11.9. The minimum absolute atomic E-state index is 0. The van der Waals surface area contributed by atoms with Crippen molar-refractivity contribution in [1.29, 1.82) is 0 Å². The first-order valence-corrected chi connectivity index (χ1v) is 28.6. The molecule has 0 amide bonds. The van der Waals surface area contributed by atoms with E-state index < -0.39 is 30.0 Å². The molecule has 0 unspecified atom stereocenters. The van der Waals surface area contributed by atoms with Crippen molar-refractivity contribution in [1.82, 2.24) is 88.6 Å². The van der Waals surface area contributed by atoms with Gasteiger partial charge in [0.15, 0.2) is 0 Å². The summed E-state index contributed by atoms with van der Waals surface area (Å²) in [6.45, 7) is 17.1. The fourth-order valence-electron chi connectivity index (χ4n) is 8.95. The van der Waals surface area contributed by atoms with Crippen molar-refractivity contribution in [3.63, 3.8) is 0 Å². The smallest absolute Gasteiger partial charge is 0.662 e. The summed E-state index contributed by atoms with van der Waals surface area (Å²) in [7, 11) is -0.536. The molecule has 14 rings (SSSR count). The topological polar surface area (TPSA) is 330 Å². The summed E-state index contributed by atoms with van der Waals surface area (Å²) in [5.74, 6) is 1.53. The molecular formula is C62H58BBrKN19O7. The molecule has 1 fully saturated rings. The van der Waals surface area contributed by atoms with Crippen LogP contribution in [0.2, 0.25) is 0 Å². The molecule has 1 aliphatic rings. The van der Waals surface area contributed by atoms with E-state index in [0.29, 0.717) is 23.0 Å². The van der Waals surface area contributed by atoms with Gasteiger partial charge in [0.25, 0.3) is 6.47 Å². The van der Waals surface area contributed by atoms with E-state index >= 15 is 0 Å². The fourth-order valence-corrected chi connectivity index (χ4v) is 9.27. The van der Waals surface area contributed by atoms with E-state index in [1.54, 1.807) is 55.6 Å². The van der Waals surface area contributed by atoms with Gasteiger partial charge >= 0.3 is 64.6 Å². The molecule has 13 aromatic rings. The van der Waals surface area contributed by atoms with Gasteiger partial charge < -0.3 is 29.9 Å². The second kappa shape index (κ2) is 28.8. The number of pyridine rings is 6. The molecule has 1 saturated heterocycles. The molecule has 0 bridgehead atoms. The van der Waals surface area contributed by atoms with E-state index in [1.807, 2.05) is 181 Å². The molecule has 91 heavy (non-hydrogen) atoms. The largest absolute Gasteiger partial charge is 1.00 e. The van der Waals surface area contributed by atoms with Gasteiger partial charge in [0.05, 0.1) is 62.2 Å². The number of ether oxygens (including phenoxy) is 1. The Labute approximate surface area is 572 Å². The van der Waals surface area contributed by atoms with Crippen LogP contribution in [0.1, 0.15) is 59.9 Å². The zero-order valence-corrected chi connectivity index (χ0v) is 55.9. The molecule has 0 aliphatic carbocycles. The average molecular weight is 1310 g/mol. The standard InChI is InChI=1S/C23H16N8.C20H13BrN6.C14H23BN2O4.C4H5N3.CH2O3.K/c1-14-4-2-5-18(28-14)21-22(31-9-3-8-24-23(31)30-21)19-7-6-17-20(29-19)10-15(11-25-17)16-12-26-27-13-16;1-12-4-2-5-15(24-12)18-19(27-9-3-8-22-20(27)26-18)16-7-6-14-17(25-16)10-13(21)11-23-14;1-12(2,3)19-11(18)17-9-10(8-16-17)15-20-13(4,5)14(6,7)21-15;5-4-6-2-1-3-7-4;2-1-4-3;/h2-13H,1H3,(H,26,27);2-11H,1H3;8-9H,1-7H3;1-3H,(H2,5,6,7);1,3H;/q;;;;;+1/p-1. The first-order chi connectivity index (χ1) is 43.2. The first kappa shape index (κ1) is 66.4. The van der Waals surface area contributed by atoms with Crippen molar-refractivity contribution in [2.45, 2.75) is 79.1 Å². The Morgan fingerprint density at radius 3 is 1.66 bits per heavy atom. The monoisotopic (exact) mass is 1310 g/mol. The molecule has 14 heterocycles. The summed E-state index contributed by atoms with van der Waals surface area (Å²) in [5.41, 5.74) is 17.8. The summed E-state index contributed by atoms with van der Waals surface area (Å²) in [6.07, 6.45) is 20.4. The number of aromatic nitrogens is 18. The number of H-pyrrole nitrogens is 1. The van der Waals surface area contributed by atoms with Gasteiger partial charge in [0, 0.05) is 101 Å². The van der Waals surface area contributed by atoms with Crippen molar-refractivity contribution >= 4 is 80.6 Å². The van der Waals surface area contributed by atoms with Crippen molar-refractivity contribution in [2.24, 2.45) is 0 Å². The van der Waals surface area contributed by atoms with Crippen molar-refractivity contribution in [3.8, 4) is 56.7 Å². The van der Waals surface area contributed by atoms with Gasteiger partial charge in [-0.1, -0.05) is 12.1 Å². The number of halogens is 1. The number of aromatic amines is 1. The Kier molecular flexibility index (Phi) is 21.0. The van der Waals surface area contributed by atoms with Gasteiger partial charge in [0.2, 0.25) is 17.5 Å². The third kappa shape index (κ3) is 15.9. The Hall–Kier alpha value is -9.04. The van der Waals surface area contributed by atoms with Crippen LogP contribution in [0.4, 0.5) is 10.7 Å². The van der Waals surface area contributed by atoms with Crippen molar-refractivity contribution in [2.75, 3.05) is 5.73 Å². The predicted molar refractivity (Wildman–Crippen MR) is 337 cm³/mol. The number of nitrogen functional groups attached to an aromatic ring is 1. The maximum Gasteiger partial charge on any atom is 1.00 e. The number of imidazole rings is 2. The van der Waals surface area contributed by atoms with Crippen LogP contribution in [0.5, 0.6) is 0 Å². The van der Waals surface area contributed by atoms with E-state index in [9.17, 15) is 4.79 Å². The Morgan fingerprint density at radius 2 is 1.18 bits per heavy atom. The van der Waals surface area contributed by atoms with Gasteiger partial charge in [-0.25, -0.2) is 44.7 Å². The van der Waals surface area contributed by atoms with E-state index in [2.05, 4.69) is 76.0 Å². The number of nitrogens with zero attached hydrogens (tertiary/aromatic N) is 17. The van der Waals surface area contributed by atoms with Crippen LogP contribution in [0.3, 0.4) is 0 Å². The number of hydrogen-bond donors (Lipinski definition) is 2. The van der Waals surface area contributed by atoms with E-state index in [4.69, 9.17) is 49.8 Å². The third-order valence-electron chi connectivity index (χ3n) is 13.8. The van der Waals surface area contributed by atoms with Crippen LogP contribution in [0.15, 0.2) is 170 Å². The summed E-state index contributed by atoms with van der Waals surface area (Å²) in [5, 5.41) is 19.3. The van der Waals surface area contributed by atoms with E-state index in [-0.39, 0.29) is 57.9 Å². The molecule has 26 nitrogen and oxygen atoms in total. The number of carbonyl (C=O) groups excluding carboxylic acids is 2. The molecule has 3 N–H and O–H groups in total. The van der Waals surface area contributed by atoms with Gasteiger partial charge in [-0.15, -0.1) is 0 Å². The van der Waals surface area contributed by atoms with Crippen LogP contribution in [-0.2, 0) is 23.7 Å². The Bertz CT molecular complexity index is 4650. The first-order valence-electron chi connectivity index (χ1n) is 27.8. The Morgan fingerprint density at radius 1 is 0.648 bits per heavy atom. The van der Waals surface area contributed by atoms with Crippen molar-refractivity contribution < 1.29 is 85.2 Å². The number of nitrogens with one attached hydrogen (secondary N) is 1. The molecule has 0 radical (unpaired) electrons. The van der Waals surface area contributed by atoms with Crippen LogP contribution >= 0.6 is 15.9 Å². The summed E-state index contributed by atoms with van der Waals surface area (Å²) in [4.78, 5) is 76.8. The molecule has 0 aromatic carbocycles. The molecule has 0 atom stereocenters. The Balaban J connectivity index is 0.000000150. The van der Waals surface area contributed by atoms with Crippen LogP contribution in [0, 0.1) is 13.8 Å². The van der Waals surface area contributed by atoms with Crippen molar-refractivity contribution in [3.05, 3.63) is 181 Å². The quantitative estimate of drug-likeness (QED) is 0.0795. The SMILES string of the molecule is CC(C)(C)OC(=O)n1cc(B2OC(C)(C)C(C)(C)O2)cn1.Cc1cccc(-c2nc3ncccn3c2-c2ccc3ncc(-c4cn[nH]c4)cc3n2)n1.Cc1cccc(-c2nc3ncccn3c2-c2ccc3ncc(Br)cc3n2)n1.Nc1ncccn1.O=CO[O-].[K+]. The molecule has 0 saturated carbocycles. The van der Waals surface area contributed by atoms with E-state index in [0.717, 1.165) is 99.3 Å². The van der Waals surface area contributed by atoms with Crippen LogP contribution in [0.25, 0.3) is 90.3 Å². The zero-order chi connectivity index (χ0) is 63.7. The van der Waals surface area contributed by atoms with Crippen LogP contribution < -0.4 is 67.8 Å². The van der Waals surface area contributed by atoms with Gasteiger partial charge in [-0.05, 0) is 157 Å². The number of nitrogens with two attached hydrogens (primary N) is 1. The van der Waals surface area contributed by atoms with E-state index in [1.165, 1.54) is 0 Å². The third-order valence-corrected chi connectivity index (χ3v) is 14.2. The second-order valence-corrected chi connectivity index (χ2v) is 22.9. The molecule has 1 aliphatic heterocycles.